The maximum Gasteiger partial charge on any atom is 0.336 e. The van der Waals surface area contributed by atoms with E-state index in [1.807, 2.05) is 6.92 Å². The second-order valence-electron chi connectivity index (χ2n) is 4.84. The van der Waals surface area contributed by atoms with Crippen molar-refractivity contribution in [2.45, 2.75) is 20.3 Å². The van der Waals surface area contributed by atoms with Gasteiger partial charge in [0.05, 0.1) is 18.1 Å². The molecule has 1 aromatic carbocycles. The fourth-order valence-corrected chi connectivity index (χ4v) is 2.19. The van der Waals surface area contributed by atoms with Crippen LogP contribution in [0.2, 0.25) is 0 Å². The smallest absolute Gasteiger partial charge is 0.336 e. The van der Waals surface area contributed by atoms with Crippen molar-refractivity contribution in [3.63, 3.8) is 0 Å². The van der Waals surface area contributed by atoms with Crippen LogP contribution >= 0.6 is 0 Å². The molecule has 5 heteroatoms. The Bertz CT molecular complexity index is 518. The zero-order chi connectivity index (χ0) is 14.0. The molecule has 0 radical (unpaired) electrons. The van der Waals surface area contributed by atoms with Crippen molar-refractivity contribution < 1.29 is 19.4 Å². The minimum atomic E-state index is -0.989. The molecule has 1 unspecified atom stereocenters. The van der Waals surface area contributed by atoms with Gasteiger partial charge in [0.15, 0.2) is 0 Å². The molecular weight excluding hydrogens is 246 g/mol. The molecule has 0 bridgehead atoms. The molecule has 19 heavy (non-hydrogen) atoms. The van der Waals surface area contributed by atoms with Gasteiger partial charge in [-0.1, -0.05) is 6.07 Å². The Labute approximate surface area is 111 Å². The highest BCUT2D eigenvalue weighted by atomic mass is 16.5. The molecule has 2 rings (SSSR count). The van der Waals surface area contributed by atoms with Gasteiger partial charge in [0.2, 0.25) is 5.91 Å². The molecule has 1 aliphatic rings. The highest BCUT2D eigenvalue weighted by molar-refractivity contribution is 5.96. The molecule has 0 aliphatic carbocycles. The monoisotopic (exact) mass is 263 g/mol. The minimum Gasteiger partial charge on any atom is -0.478 e. The van der Waals surface area contributed by atoms with Gasteiger partial charge >= 0.3 is 5.97 Å². The van der Waals surface area contributed by atoms with Crippen molar-refractivity contribution in [2.75, 3.05) is 18.5 Å². The van der Waals surface area contributed by atoms with Gasteiger partial charge in [-0.2, -0.15) is 0 Å². The van der Waals surface area contributed by atoms with E-state index in [0.29, 0.717) is 30.9 Å². The Balaban J connectivity index is 2.21. The van der Waals surface area contributed by atoms with Crippen LogP contribution in [0.25, 0.3) is 0 Å². The molecule has 2 N–H and O–H groups in total. The normalized spacial score (nSPS) is 18.3. The summed E-state index contributed by atoms with van der Waals surface area (Å²) in [7, 11) is 0. The van der Waals surface area contributed by atoms with Crippen LogP contribution in [0.4, 0.5) is 5.69 Å². The summed E-state index contributed by atoms with van der Waals surface area (Å²) in [6.07, 6.45) is 0.711. The number of hydrogen-bond donors (Lipinski definition) is 2. The number of carbonyl (C=O) groups is 2. The third-order valence-electron chi connectivity index (χ3n) is 3.36. The number of aryl methyl sites for hydroxylation is 2. The van der Waals surface area contributed by atoms with Crippen LogP contribution in [0.5, 0.6) is 0 Å². The summed E-state index contributed by atoms with van der Waals surface area (Å²) in [5.74, 6) is -1.24. The van der Waals surface area contributed by atoms with Crippen LogP contribution in [0.1, 0.15) is 27.9 Å². The van der Waals surface area contributed by atoms with Gasteiger partial charge in [0.1, 0.15) is 0 Å². The molecule has 1 heterocycles. The molecule has 1 fully saturated rings. The molecule has 1 amide bonds. The van der Waals surface area contributed by atoms with Gasteiger partial charge < -0.3 is 15.2 Å². The number of nitrogens with one attached hydrogen (secondary N) is 1. The van der Waals surface area contributed by atoms with E-state index >= 15 is 0 Å². The number of amides is 1. The molecule has 1 aliphatic heterocycles. The zero-order valence-electron chi connectivity index (χ0n) is 11.0. The van der Waals surface area contributed by atoms with Gasteiger partial charge in [-0.25, -0.2) is 4.79 Å². The number of carbonyl (C=O) groups excluding carboxylic acids is 1. The lowest BCUT2D eigenvalue weighted by molar-refractivity contribution is -0.119. The number of hydrogen-bond acceptors (Lipinski definition) is 3. The molecule has 5 nitrogen and oxygen atoms in total. The first-order chi connectivity index (χ1) is 8.99. The van der Waals surface area contributed by atoms with Crippen LogP contribution in [0.3, 0.4) is 0 Å². The summed E-state index contributed by atoms with van der Waals surface area (Å²) in [5.41, 5.74) is 2.31. The maximum absolute atomic E-state index is 12.0. The fourth-order valence-electron chi connectivity index (χ4n) is 2.19. The number of carboxylic acid groups (broad SMARTS) is 1. The molecule has 0 aromatic heterocycles. The molecule has 0 saturated carbocycles. The quantitative estimate of drug-likeness (QED) is 0.874. The van der Waals surface area contributed by atoms with Crippen LogP contribution < -0.4 is 5.32 Å². The molecule has 102 valence electrons. The lowest BCUT2D eigenvalue weighted by Gasteiger charge is -2.13. The Kier molecular flexibility index (Phi) is 3.85. The van der Waals surface area contributed by atoms with E-state index in [1.54, 1.807) is 13.0 Å². The lowest BCUT2D eigenvalue weighted by atomic mass is 10.0. The van der Waals surface area contributed by atoms with Gasteiger partial charge in [0, 0.05) is 12.3 Å². The van der Waals surface area contributed by atoms with E-state index in [4.69, 9.17) is 9.84 Å². The lowest BCUT2D eigenvalue weighted by Crippen LogP contribution is -2.23. The van der Waals surface area contributed by atoms with E-state index in [-0.39, 0.29) is 17.4 Å². The largest absolute Gasteiger partial charge is 0.478 e. The number of rotatable bonds is 3. The van der Waals surface area contributed by atoms with E-state index < -0.39 is 5.97 Å². The van der Waals surface area contributed by atoms with Crippen molar-refractivity contribution >= 4 is 17.6 Å². The number of aromatic carboxylic acids is 1. The summed E-state index contributed by atoms with van der Waals surface area (Å²) in [6, 6.07) is 3.28. The third kappa shape index (κ3) is 2.93. The highest BCUT2D eigenvalue weighted by Gasteiger charge is 2.24. The predicted octanol–water partition coefficient (Wildman–Crippen LogP) is 1.98. The second kappa shape index (κ2) is 5.40. The molecule has 0 spiro atoms. The minimum absolute atomic E-state index is 0.110. The SMILES string of the molecule is Cc1cc(C)c(C(=O)O)cc1NC(=O)C1CCOC1. The van der Waals surface area contributed by atoms with E-state index in [1.165, 1.54) is 6.07 Å². The topological polar surface area (TPSA) is 75.6 Å². The van der Waals surface area contributed by atoms with Crippen molar-refractivity contribution in [1.82, 2.24) is 0 Å². The zero-order valence-corrected chi connectivity index (χ0v) is 11.0. The van der Waals surface area contributed by atoms with Gasteiger partial charge in [0.25, 0.3) is 0 Å². The Morgan fingerprint density at radius 1 is 1.32 bits per heavy atom. The van der Waals surface area contributed by atoms with Gasteiger partial charge in [-0.05, 0) is 37.5 Å². The fraction of sp³-hybridized carbons (Fsp3) is 0.429. The van der Waals surface area contributed by atoms with Crippen molar-refractivity contribution in [3.05, 3.63) is 28.8 Å². The van der Waals surface area contributed by atoms with Crippen molar-refractivity contribution in [3.8, 4) is 0 Å². The number of carboxylic acids is 1. The molecule has 1 aromatic rings. The van der Waals surface area contributed by atoms with Crippen molar-refractivity contribution in [2.24, 2.45) is 5.92 Å². The predicted molar refractivity (Wildman–Crippen MR) is 70.4 cm³/mol. The van der Waals surface area contributed by atoms with Gasteiger partial charge in [-0.3, -0.25) is 4.79 Å². The van der Waals surface area contributed by atoms with Gasteiger partial charge in [-0.15, -0.1) is 0 Å². The Morgan fingerprint density at radius 2 is 2.05 bits per heavy atom. The third-order valence-corrected chi connectivity index (χ3v) is 3.36. The van der Waals surface area contributed by atoms with E-state index in [0.717, 1.165) is 5.56 Å². The number of ether oxygens (including phenoxy) is 1. The summed E-state index contributed by atoms with van der Waals surface area (Å²) in [4.78, 5) is 23.1. The molecule has 1 atom stereocenters. The molecule has 1 saturated heterocycles. The van der Waals surface area contributed by atoms with E-state index in [2.05, 4.69) is 5.32 Å². The van der Waals surface area contributed by atoms with Crippen LogP contribution in [-0.4, -0.2) is 30.2 Å². The summed E-state index contributed by atoms with van der Waals surface area (Å²) in [5, 5.41) is 11.9. The number of benzene rings is 1. The number of anilines is 1. The highest BCUT2D eigenvalue weighted by Crippen LogP contribution is 2.22. The average Bonchev–Trinajstić information content (AvgIpc) is 2.85. The molecular formula is C14H17NO4. The van der Waals surface area contributed by atoms with E-state index in [9.17, 15) is 9.59 Å². The first kappa shape index (κ1) is 13.5. The summed E-state index contributed by atoms with van der Waals surface area (Å²) >= 11 is 0. The summed E-state index contributed by atoms with van der Waals surface area (Å²) < 4.78 is 5.17. The first-order valence-electron chi connectivity index (χ1n) is 6.22. The second-order valence-corrected chi connectivity index (χ2v) is 4.84. The first-order valence-corrected chi connectivity index (χ1v) is 6.22. The van der Waals surface area contributed by atoms with Crippen LogP contribution in [-0.2, 0) is 9.53 Å². The van der Waals surface area contributed by atoms with Crippen LogP contribution in [0.15, 0.2) is 12.1 Å². The summed E-state index contributed by atoms with van der Waals surface area (Å²) in [6.45, 7) is 4.63. The maximum atomic E-state index is 12.0. The standard InChI is InChI=1S/C14H17NO4/c1-8-5-9(2)12(6-11(8)14(17)18)15-13(16)10-3-4-19-7-10/h5-6,10H,3-4,7H2,1-2H3,(H,15,16)(H,17,18). The van der Waals surface area contributed by atoms with Crippen molar-refractivity contribution in [1.29, 1.82) is 0 Å². The average molecular weight is 263 g/mol. The Hall–Kier alpha value is -1.88. The van der Waals surface area contributed by atoms with Crippen LogP contribution in [0, 0.1) is 19.8 Å². The Morgan fingerprint density at radius 3 is 2.63 bits per heavy atom.